The minimum atomic E-state index is -0.900. The third kappa shape index (κ3) is 8.10. The molecule has 0 radical (unpaired) electrons. The van der Waals surface area contributed by atoms with E-state index in [-0.39, 0.29) is 25.8 Å². The van der Waals surface area contributed by atoms with Crippen molar-refractivity contribution in [3.05, 3.63) is 0 Å². The van der Waals surface area contributed by atoms with Crippen molar-refractivity contribution >= 4 is 17.9 Å². The third-order valence-electron chi connectivity index (χ3n) is 2.20. The number of carbonyl (C=O) groups is 3. The Bertz CT molecular complexity index is 349. The monoisotopic (exact) mass is 255 g/mol. The van der Waals surface area contributed by atoms with Crippen molar-refractivity contribution in [1.82, 2.24) is 10.2 Å². The number of carboxylic acids is 1. The minimum absolute atomic E-state index is 0.0172. The summed E-state index contributed by atoms with van der Waals surface area (Å²) in [5.74, 6) is -1.34. The highest BCUT2D eigenvalue weighted by molar-refractivity contribution is 5.94. The molecular formula is C11H17N3O4. The normalized spacial score (nSPS) is 9.33. The van der Waals surface area contributed by atoms with Crippen LogP contribution in [0.1, 0.15) is 32.1 Å². The molecule has 2 N–H and O–H groups in total. The zero-order chi connectivity index (χ0) is 14.0. The fourth-order valence-electron chi connectivity index (χ4n) is 1.16. The summed E-state index contributed by atoms with van der Waals surface area (Å²) in [7, 11) is 1.49. The van der Waals surface area contributed by atoms with Crippen molar-refractivity contribution in [2.24, 2.45) is 0 Å². The van der Waals surface area contributed by atoms with Crippen LogP contribution in [0.3, 0.4) is 0 Å². The second kappa shape index (κ2) is 8.98. The van der Waals surface area contributed by atoms with Crippen LogP contribution in [-0.2, 0) is 9.59 Å². The standard InChI is InChI=1S/C11H17N3O4/c1-14(8-4-7-12)11(18)13-9(15)5-2-3-6-10(16)17/h2-6,8H2,1H3,(H,16,17)(H,13,15,18). The number of aliphatic carboxylic acids is 1. The number of urea groups is 1. The largest absolute Gasteiger partial charge is 0.481 e. The molecule has 18 heavy (non-hydrogen) atoms. The molecule has 0 bridgehead atoms. The first kappa shape index (κ1) is 15.9. The number of hydrogen-bond donors (Lipinski definition) is 2. The molecule has 0 spiro atoms. The molecule has 3 amide bonds. The molecule has 0 saturated carbocycles. The molecule has 7 nitrogen and oxygen atoms in total. The average molecular weight is 255 g/mol. The number of nitrogens with one attached hydrogen (secondary N) is 1. The summed E-state index contributed by atoms with van der Waals surface area (Å²) in [6, 6.07) is 1.35. The lowest BCUT2D eigenvalue weighted by atomic mass is 10.2. The zero-order valence-corrected chi connectivity index (χ0v) is 10.3. The summed E-state index contributed by atoms with van der Waals surface area (Å²) >= 11 is 0. The van der Waals surface area contributed by atoms with Crippen LogP contribution < -0.4 is 5.32 Å². The molecule has 0 atom stereocenters. The number of carbonyl (C=O) groups excluding carboxylic acids is 2. The second-order valence-corrected chi connectivity index (χ2v) is 3.78. The van der Waals surface area contributed by atoms with Gasteiger partial charge >= 0.3 is 12.0 Å². The molecule has 0 aromatic carbocycles. The van der Waals surface area contributed by atoms with Crippen LogP contribution in [0.4, 0.5) is 4.79 Å². The van der Waals surface area contributed by atoms with Gasteiger partial charge in [-0.2, -0.15) is 5.26 Å². The number of imide groups is 1. The topological polar surface area (TPSA) is 111 Å². The maximum Gasteiger partial charge on any atom is 0.323 e. The second-order valence-electron chi connectivity index (χ2n) is 3.78. The predicted octanol–water partition coefficient (Wildman–Crippen LogP) is 0.713. The van der Waals surface area contributed by atoms with E-state index in [0.29, 0.717) is 12.8 Å². The Morgan fingerprint density at radius 3 is 2.44 bits per heavy atom. The molecule has 0 aliphatic rings. The summed E-state index contributed by atoms with van der Waals surface area (Å²) in [4.78, 5) is 34.2. The Labute approximate surface area is 105 Å². The number of nitriles is 1. The molecule has 0 unspecified atom stereocenters. The summed E-state index contributed by atoms with van der Waals surface area (Å²) in [6.07, 6.45) is 1.17. The van der Waals surface area contributed by atoms with Gasteiger partial charge in [0.25, 0.3) is 0 Å². The van der Waals surface area contributed by atoms with Crippen LogP contribution in [0, 0.1) is 11.3 Å². The lowest BCUT2D eigenvalue weighted by Gasteiger charge is -2.15. The highest BCUT2D eigenvalue weighted by Gasteiger charge is 2.11. The first-order valence-electron chi connectivity index (χ1n) is 5.61. The molecule has 7 heteroatoms. The van der Waals surface area contributed by atoms with Crippen molar-refractivity contribution < 1.29 is 19.5 Å². The smallest absolute Gasteiger partial charge is 0.323 e. The average Bonchev–Trinajstić information content (AvgIpc) is 2.31. The first-order chi connectivity index (χ1) is 8.47. The molecule has 100 valence electrons. The SMILES string of the molecule is CN(CCC#N)C(=O)NC(=O)CCCCC(=O)O. The van der Waals surface area contributed by atoms with E-state index in [1.807, 2.05) is 6.07 Å². The van der Waals surface area contributed by atoms with Gasteiger partial charge in [0, 0.05) is 26.4 Å². The van der Waals surface area contributed by atoms with E-state index < -0.39 is 17.9 Å². The van der Waals surface area contributed by atoms with Gasteiger partial charge in [0.2, 0.25) is 5.91 Å². The number of amides is 3. The van der Waals surface area contributed by atoms with E-state index in [1.54, 1.807) is 0 Å². The van der Waals surface area contributed by atoms with E-state index in [2.05, 4.69) is 5.32 Å². The Morgan fingerprint density at radius 1 is 1.28 bits per heavy atom. The van der Waals surface area contributed by atoms with Crippen molar-refractivity contribution in [3.8, 4) is 6.07 Å². The maximum atomic E-state index is 11.4. The van der Waals surface area contributed by atoms with E-state index in [4.69, 9.17) is 10.4 Å². The van der Waals surface area contributed by atoms with Crippen molar-refractivity contribution in [3.63, 3.8) is 0 Å². The van der Waals surface area contributed by atoms with E-state index in [1.165, 1.54) is 11.9 Å². The van der Waals surface area contributed by atoms with Gasteiger partial charge in [-0.25, -0.2) is 4.79 Å². The summed E-state index contributed by atoms with van der Waals surface area (Å²) in [5, 5.41) is 18.9. The lowest BCUT2D eigenvalue weighted by molar-refractivity contribution is -0.137. The number of carboxylic acid groups (broad SMARTS) is 1. The molecule has 0 aliphatic heterocycles. The van der Waals surface area contributed by atoms with Crippen LogP contribution in [0.2, 0.25) is 0 Å². The molecule has 0 aliphatic carbocycles. The Hall–Kier alpha value is -2.10. The number of rotatable bonds is 7. The van der Waals surface area contributed by atoms with Gasteiger partial charge in [0.15, 0.2) is 0 Å². The summed E-state index contributed by atoms with van der Waals surface area (Å²) < 4.78 is 0. The highest BCUT2D eigenvalue weighted by Crippen LogP contribution is 2.00. The van der Waals surface area contributed by atoms with E-state index in [0.717, 1.165) is 0 Å². The van der Waals surface area contributed by atoms with Crippen molar-refractivity contribution in [2.75, 3.05) is 13.6 Å². The van der Waals surface area contributed by atoms with Crippen LogP contribution in [-0.4, -0.2) is 41.5 Å². The van der Waals surface area contributed by atoms with Crippen LogP contribution in [0.25, 0.3) is 0 Å². The fourth-order valence-corrected chi connectivity index (χ4v) is 1.16. The van der Waals surface area contributed by atoms with Crippen molar-refractivity contribution in [1.29, 1.82) is 5.26 Å². The molecule has 0 saturated heterocycles. The fraction of sp³-hybridized carbons (Fsp3) is 0.636. The summed E-state index contributed by atoms with van der Waals surface area (Å²) in [5.41, 5.74) is 0. The Balaban J connectivity index is 3.77. The Morgan fingerprint density at radius 2 is 1.89 bits per heavy atom. The minimum Gasteiger partial charge on any atom is -0.481 e. The molecule has 0 aromatic rings. The lowest BCUT2D eigenvalue weighted by Crippen LogP contribution is -2.41. The maximum absolute atomic E-state index is 11.4. The molecular weight excluding hydrogens is 238 g/mol. The van der Waals surface area contributed by atoms with Crippen LogP contribution in [0.15, 0.2) is 0 Å². The zero-order valence-electron chi connectivity index (χ0n) is 10.3. The first-order valence-corrected chi connectivity index (χ1v) is 5.61. The Kier molecular flexibility index (Phi) is 7.94. The molecule has 0 rings (SSSR count). The summed E-state index contributed by atoms with van der Waals surface area (Å²) in [6.45, 7) is 0.259. The van der Waals surface area contributed by atoms with Gasteiger partial charge in [-0.1, -0.05) is 0 Å². The van der Waals surface area contributed by atoms with Gasteiger partial charge in [0.1, 0.15) is 0 Å². The third-order valence-corrected chi connectivity index (χ3v) is 2.20. The quantitative estimate of drug-likeness (QED) is 0.651. The van der Waals surface area contributed by atoms with Gasteiger partial charge < -0.3 is 10.0 Å². The van der Waals surface area contributed by atoms with E-state index in [9.17, 15) is 14.4 Å². The van der Waals surface area contributed by atoms with Gasteiger partial charge in [-0.3, -0.25) is 14.9 Å². The predicted molar refractivity (Wildman–Crippen MR) is 62.5 cm³/mol. The van der Waals surface area contributed by atoms with Crippen molar-refractivity contribution in [2.45, 2.75) is 32.1 Å². The van der Waals surface area contributed by atoms with Gasteiger partial charge in [-0.05, 0) is 12.8 Å². The van der Waals surface area contributed by atoms with Crippen LogP contribution in [0.5, 0.6) is 0 Å². The van der Waals surface area contributed by atoms with E-state index >= 15 is 0 Å². The number of unbranched alkanes of at least 4 members (excludes halogenated alkanes) is 1. The number of nitrogens with zero attached hydrogens (tertiary/aromatic N) is 2. The molecule has 0 aromatic heterocycles. The molecule has 0 fully saturated rings. The number of hydrogen-bond acceptors (Lipinski definition) is 4. The van der Waals surface area contributed by atoms with Gasteiger partial charge in [-0.15, -0.1) is 0 Å². The van der Waals surface area contributed by atoms with Crippen LogP contribution >= 0.6 is 0 Å². The molecule has 0 heterocycles. The van der Waals surface area contributed by atoms with Gasteiger partial charge in [0.05, 0.1) is 12.5 Å². The highest BCUT2D eigenvalue weighted by atomic mass is 16.4.